The van der Waals surface area contributed by atoms with E-state index in [0.717, 1.165) is 26.4 Å². The lowest BCUT2D eigenvalue weighted by Crippen LogP contribution is -2.37. The van der Waals surface area contributed by atoms with Gasteiger partial charge in [-0.15, -0.1) is 11.3 Å². The molecule has 0 saturated heterocycles. The first kappa shape index (κ1) is 16.9. The van der Waals surface area contributed by atoms with Gasteiger partial charge in [-0.1, -0.05) is 32.1 Å². The molecule has 5 heteroatoms. The van der Waals surface area contributed by atoms with Gasteiger partial charge in [-0.3, -0.25) is 4.99 Å². The number of thiophene rings is 1. The first-order valence-corrected chi connectivity index (χ1v) is 9.79. The minimum Gasteiger partial charge on any atom is -0.383 e. The van der Waals surface area contributed by atoms with Crippen LogP contribution in [0, 0.1) is 0 Å². The van der Waals surface area contributed by atoms with Gasteiger partial charge in [0.1, 0.15) is 11.7 Å². The van der Waals surface area contributed by atoms with E-state index in [1.165, 1.54) is 60.4 Å². The molecule has 2 aliphatic rings. The quantitative estimate of drug-likeness (QED) is 0.804. The Morgan fingerprint density at radius 2 is 2.04 bits per heavy atom. The van der Waals surface area contributed by atoms with E-state index in [0.29, 0.717) is 6.04 Å². The SMILES string of the molecule is COCCNCc1cc2c(s1)N(C1CCCCCCC1)CN=C2. The van der Waals surface area contributed by atoms with Crippen LogP contribution in [0.5, 0.6) is 0 Å². The van der Waals surface area contributed by atoms with Gasteiger partial charge in [0.2, 0.25) is 0 Å². The molecule has 0 unspecified atom stereocenters. The third-order valence-electron chi connectivity index (χ3n) is 4.81. The highest BCUT2D eigenvalue weighted by molar-refractivity contribution is 7.16. The number of methoxy groups -OCH3 is 1. The van der Waals surface area contributed by atoms with Gasteiger partial charge in [-0.05, 0) is 18.9 Å². The Morgan fingerprint density at radius 1 is 1.26 bits per heavy atom. The van der Waals surface area contributed by atoms with E-state index in [9.17, 15) is 0 Å². The average molecular weight is 336 g/mol. The number of rotatable bonds is 6. The molecule has 23 heavy (non-hydrogen) atoms. The first-order valence-electron chi connectivity index (χ1n) is 8.97. The summed E-state index contributed by atoms with van der Waals surface area (Å²) in [6, 6.07) is 2.98. The molecular weight excluding hydrogens is 306 g/mol. The summed E-state index contributed by atoms with van der Waals surface area (Å²) in [5, 5.41) is 4.89. The highest BCUT2D eigenvalue weighted by Gasteiger charge is 2.25. The predicted molar refractivity (Wildman–Crippen MR) is 98.9 cm³/mol. The van der Waals surface area contributed by atoms with Crippen LogP contribution in [0.1, 0.15) is 55.4 Å². The molecule has 1 aromatic rings. The van der Waals surface area contributed by atoms with Gasteiger partial charge in [0, 0.05) is 42.9 Å². The van der Waals surface area contributed by atoms with Crippen molar-refractivity contribution >= 4 is 22.6 Å². The summed E-state index contributed by atoms with van der Waals surface area (Å²) in [6.07, 6.45) is 11.7. The van der Waals surface area contributed by atoms with Crippen molar-refractivity contribution in [2.45, 2.75) is 57.5 Å². The normalized spacial score (nSPS) is 19.4. The standard InChI is InChI=1S/C18H29N3OS/c1-22-10-9-19-13-17-11-15-12-20-14-21(18(15)23-17)16-7-5-3-2-4-6-8-16/h11-12,16,19H,2-10,13-14H2,1H3. The summed E-state index contributed by atoms with van der Waals surface area (Å²) in [6.45, 7) is 3.43. The molecule has 0 spiro atoms. The van der Waals surface area contributed by atoms with Crippen molar-refractivity contribution in [1.29, 1.82) is 0 Å². The fourth-order valence-electron chi connectivity index (χ4n) is 3.56. The summed E-state index contributed by atoms with van der Waals surface area (Å²) in [5.74, 6) is 0. The van der Waals surface area contributed by atoms with Crippen molar-refractivity contribution in [1.82, 2.24) is 5.32 Å². The number of anilines is 1. The molecule has 0 bridgehead atoms. The zero-order valence-corrected chi connectivity index (χ0v) is 15.0. The van der Waals surface area contributed by atoms with Crippen LogP contribution in [-0.2, 0) is 11.3 Å². The molecule has 1 aromatic heterocycles. The van der Waals surface area contributed by atoms with Crippen molar-refractivity contribution in [3.63, 3.8) is 0 Å². The summed E-state index contributed by atoms with van der Waals surface area (Å²) >= 11 is 1.94. The van der Waals surface area contributed by atoms with Crippen molar-refractivity contribution < 1.29 is 4.74 Å². The molecule has 4 nitrogen and oxygen atoms in total. The lowest BCUT2D eigenvalue weighted by Gasteiger charge is -2.34. The summed E-state index contributed by atoms with van der Waals surface area (Å²) < 4.78 is 5.09. The van der Waals surface area contributed by atoms with Crippen molar-refractivity contribution in [2.75, 3.05) is 31.8 Å². The van der Waals surface area contributed by atoms with Crippen molar-refractivity contribution in [2.24, 2.45) is 4.99 Å². The maximum Gasteiger partial charge on any atom is 0.111 e. The second-order valence-corrected chi connectivity index (χ2v) is 7.68. The third kappa shape index (κ3) is 4.55. The van der Waals surface area contributed by atoms with Gasteiger partial charge in [0.25, 0.3) is 0 Å². The molecule has 1 fully saturated rings. The molecule has 0 radical (unpaired) electrons. The van der Waals surface area contributed by atoms with Crippen LogP contribution in [0.2, 0.25) is 0 Å². The topological polar surface area (TPSA) is 36.9 Å². The Morgan fingerprint density at radius 3 is 2.83 bits per heavy atom. The minimum absolute atomic E-state index is 0.680. The Hall–Kier alpha value is -0.910. The molecule has 2 heterocycles. The minimum atomic E-state index is 0.680. The van der Waals surface area contributed by atoms with Gasteiger partial charge in [0.15, 0.2) is 0 Å². The van der Waals surface area contributed by atoms with E-state index in [1.807, 2.05) is 11.3 Å². The van der Waals surface area contributed by atoms with Gasteiger partial charge in [0.05, 0.1) is 6.61 Å². The molecule has 128 valence electrons. The molecule has 3 rings (SSSR count). The third-order valence-corrected chi connectivity index (χ3v) is 6.00. The van der Waals surface area contributed by atoms with E-state index in [-0.39, 0.29) is 0 Å². The molecule has 1 N–H and O–H groups in total. The summed E-state index contributed by atoms with van der Waals surface area (Å²) in [4.78, 5) is 8.59. The van der Waals surface area contributed by atoms with Crippen molar-refractivity contribution in [3.8, 4) is 0 Å². The Labute approximate surface area is 143 Å². The molecular formula is C18H29N3OS. The Kier molecular flexibility index (Phi) is 6.48. The maximum absolute atomic E-state index is 5.09. The second kappa shape index (κ2) is 8.81. The number of ether oxygens (including phenoxy) is 1. The lowest BCUT2D eigenvalue weighted by molar-refractivity contribution is 0.199. The molecule has 0 amide bonds. The van der Waals surface area contributed by atoms with Crippen LogP contribution in [0.25, 0.3) is 0 Å². The zero-order valence-electron chi connectivity index (χ0n) is 14.2. The summed E-state index contributed by atoms with van der Waals surface area (Å²) in [5.41, 5.74) is 1.31. The highest BCUT2D eigenvalue weighted by Crippen LogP contribution is 2.36. The number of hydrogen-bond donors (Lipinski definition) is 1. The van der Waals surface area contributed by atoms with Crippen LogP contribution in [0.3, 0.4) is 0 Å². The van der Waals surface area contributed by atoms with Gasteiger partial charge in [-0.25, -0.2) is 0 Å². The first-order chi connectivity index (χ1) is 11.4. The molecule has 1 aliphatic carbocycles. The van der Waals surface area contributed by atoms with E-state index in [4.69, 9.17) is 4.74 Å². The van der Waals surface area contributed by atoms with E-state index >= 15 is 0 Å². The number of aliphatic imine (C=N–C) groups is 1. The van der Waals surface area contributed by atoms with Gasteiger partial charge < -0.3 is 15.0 Å². The lowest BCUT2D eigenvalue weighted by atomic mass is 9.95. The monoisotopic (exact) mass is 335 g/mol. The number of nitrogens with zero attached hydrogens (tertiary/aromatic N) is 2. The molecule has 0 atom stereocenters. The van der Waals surface area contributed by atoms with E-state index in [1.54, 1.807) is 7.11 Å². The fourth-order valence-corrected chi connectivity index (χ4v) is 4.72. The van der Waals surface area contributed by atoms with Crippen LogP contribution < -0.4 is 10.2 Å². The smallest absolute Gasteiger partial charge is 0.111 e. The highest BCUT2D eigenvalue weighted by atomic mass is 32.1. The molecule has 0 aromatic carbocycles. The largest absolute Gasteiger partial charge is 0.383 e. The predicted octanol–water partition coefficient (Wildman–Crippen LogP) is 3.79. The second-order valence-electron chi connectivity index (χ2n) is 6.56. The zero-order chi connectivity index (χ0) is 15.9. The average Bonchev–Trinajstić information content (AvgIpc) is 2.94. The number of fused-ring (bicyclic) bond motifs is 1. The van der Waals surface area contributed by atoms with Crippen molar-refractivity contribution in [3.05, 3.63) is 16.5 Å². The van der Waals surface area contributed by atoms with Crippen LogP contribution >= 0.6 is 11.3 Å². The van der Waals surface area contributed by atoms with E-state index in [2.05, 4.69) is 27.5 Å². The fraction of sp³-hybridized carbons (Fsp3) is 0.722. The summed E-state index contributed by atoms with van der Waals surface area (Å²) in [7, 11) is 1.74. The van der Waals surface area contributed by atoms with Gasteiger partial charge >= 0.3 is 0 Å². The Bertz CT molecular complexity index is 506. The van der Waals surface area contributed by atoms with Crippen LogP contribution in [0.4, 0.5) is 5.00 Å². The van der Waals surface area contributed by atoms with Gasteiger partial charge in [-0.2, -0.15) is 0 Å². The number of nitrogens with one attached hydrogen (secondary N) is 1. The maximum atomic E-state index is 5.09. The Balaban J connectivity index is 1.65. The van der Waals surface area contributed by atoms with Crippen LogP contribution in [-0.4, -0.2) is 39.2 Å². The molecule has 1 aliphatic heterocycles. The molecule has 1 saturated carbocycles. The van der Waals surface area contributed by atoms with E-state index < -0.39 is 0 Å². The number of hydrogen-bond acceptors (Lipinski definition) is 5. The van der Waals surface area contributed by atoms with Crippen LogP contribution in [0.15, 0.2) is 11.1 Å².